The Kier molecular flexibility index (Phi) is 4.50. The van der Waals surface area contributed by atoms with Crippen molar-refractivity contribution in [2.24, 2.45) is 0 Å². The predicted octanol–water partition coefficient (Wildman–Crippen LogP) is 3.27. The van der Waals surface area contributed by atoms with Crippen LogP contribution in [0.3, 0.4) is 0 Å². The molecule has 0 radical (unpaired) electrons. The van der Waals surface area contributed by atoms with E-state index in [1.807, 2.05) is 6.92 Å². The first-order valence-electron chi connectivity index (χ1n) is 6.07. The fourth-order valence-electron chi connectivity index (χ4n) is 1.80. The maximum Gasteiger partial charge on any atom is 0.128 e. The van der Waals surface area contributed by atoms with Gasteiger partial charge in [-0.3, -0.25) is 0 Å². The quantitative estimate of drug-likeness (QED) is 0.914. The van der Waals surface area contributed by atoms with Gasteiger partial charge in [0.05, 0.1) is 23.9 Å². The second kappa shape index (κ2) is 6.12. The molecule has 102 valence electrons. The van der Waals surface area contributed by atoms with Crippen LogP contribution in [0, 0.1) is 12.7 Å². The van der Waals surface area contributed by atoms with Crippen LogP contribution in [0.2, 0.25) is 0 Å². The van der Waals surface area contributed by atoms with Crippen molar-refractivity contribution in [2.45, 2.75) is 26.4 Å². The lowest BCUT2D eigenvalue weighted by Gasteiger charge is -2.13. The first kappa shape index (κ1) is 14.0. The molecule has 0 bridgehead atoms. The molecular formula is C14H16FNO2S. The fourth-order valence-corrected chi connectivity index (χ4v) is 2.56. The van der Waals surface area contributed by atoms with Crippen LogP contribution >= 0.6 is 11.3 Å². The van der Waals surface area contributed by atoms with E-state index in [-0.39, 0.29) is 5.82 Å². The van der Waals surface area contributed by atoms with Gasteiger partial charge in [-0.15, -0.1) is 11.3 Å². The summed E-state index contributed by atoms with van der Waals surface area (Å²) in [6.07, 6.45) is 0.0486. The Morgan fingerprint density at radius 2 is 2.26 bits per heavy atom. The van der Waals surface area contributed by atoms with Crippen molar-refractivity contribution >= 4 is 11.3 Å². The Bertz CT molecular complexity index is 554. The van der Waals surface area contributed by atoms with E-state index in [0.717, 1.165) is 17.0 Å². The second-order valence-corrected chi connectivity index (χ2v) is 5.26. The lowest BCUT2D eigenvalue weighted by molar-refractivity contribution is 0.191. The van der Waals surface area contributed by atoms with E-state index in [0.29, 0.717) is 17.9 Å². The molecule has 2 aromatic rings. The number of ether oxygens (including phenoxy) is 1. The van der Waals surface area contributed by atoms with Crippen LogP contribution in [0.25, 0.3) is 0 Å². The number of aliphatic hydroxyl groups is 1. The van der Waals surface area contributed by atoms with E-state index in [2.05, 4.69) is 4.98 Å². The molecule has 1 aromatic carbocycles. The van der Waals surface area contributed by atoms with Crippen LogP contribution in [0.4, 0.5) is 4.39 Å². The number of halogens is 1. The molecule has 5 heteroatoms. The van der Waals surface area contributed by atoms with E-state index >= 15 is 0 Å². The molecule has 0 aliphatic carbocycles. The Labute approximate surface area is 115 Å². The van der Waals surface area contributed by atoms with Crippen molar-refractivity contribution in [3.63, 3.8) is 0 Å². The molecule has 2 rings (SSSR count). The SMILES string of the molecule is Cc1ncsc1CCOc1cc(F)ccc1C(C)O. The van der Waals surface area contributed by atoms with Crippen molar-refractivity contribution in [2.75, 3.05) is 6.61 Å². The molecule has 1 aromatic heterocycles. The lowest BCUT2D eigenvalue weighted by atomic mass is 10.1. The minimum atomic E-state index is -0.680. The number of hydrogen-bond donors (Lipinski definition) is 1. The summed E-state index contributed by atoms with van der Waals surface area (Å²) in [6.45, 7) is 4.02. The first-order valence-corrected chi connectivity index (χ1v) is 6.95. The monoisotopic (exact) mass is 281 g/mol. The molecule has 0 aliphatic rings. The summed E-state index contributed by atoms with van der Waals surface area (Å²) in [5.74, 6) is 0.0329. The molecule has 0 saturated carbocycles. The zero-order valence-electron chi connectivity index (χ0n) is 10.9. The summed E-state index contributed by atoms with van der Waals surface area (Å²) in [6, 6.07) is 4.18. The van der Waals surface area contributed by atoms with Gasteiger partial charge in [-0.25, -0.2) is 9.37 Å². The van der Waals surface area contributed by atoms with E-state index in [4.69, 9.17) is 4.74 Å². The number of aliphatic hydroxyl groups excluding tert-OH is 1. The molecule has 1 N–H and O–H groups in total. The highest BCUT2D eigenvalue weighted by Crippen LogP contribution is 2.26. The standard InChI is InChI=1S/C14H16FNO2S/c1-9-14(19-8-16-9)5-6-18-13-7-11(15)3-4-12(13)10(2)17/h3-4,7-8,10,17H,5-6H2,1-2H3. The zero-order chi connectivity index (χ0) is 13.8. The summed E-state index contributed by atoms with van der Waals surface area (Å²) in [4.78, 5) is 5.33. The third kappa shape index (κ3) is 3.52. The maximum absolute atomic E-state index is 13.2. The minimum absolute atomic E-state index is 0.367. The largest absolute Gasteiger partial charge is 0.493 e. The Morgan fingerprint density at radius 1 is 1.47 bits per heavy atom. The van der Waals surface area contributed by atoms with Gasteiger partial charge < -0.3 is 9.84 Å². The number of aromatic nitrogens is 1. The summed E-state index contributed by atoms with van der Waals surface area (Å²) in [5, 5.41) is 9.61. The van der Waals surface area contributed by atoms with Crippen LogP contribution in [0.1, 0.15) is 29.2 Å². The number of nitrogens with zero attached hydrogens (tertiary/aromatic N) is 1. The minimum Gasteiger partial charge on any atom is -0.493 e. The maximum atomic E-state index is 13.2. The van der Waals surface area contributed by atoms with Crippen LogP contribution in [0.15, 0.2) is 23.7 Å². The molecule has 1 unspecified atom stereocenters. The molecule has 1 heterocycles. The molecule has 19 heavy (non-hydrogen) atoms. The Balaban J connectivity index is 2.03. The van der Waals surface area contributed by atoms with E-state index in [9.17, 15) is 9.50 Å². The van der Waals surface area contributed by atoms with E-state index < -0.39 is 6.10 Å². The second-order valence-electron chi connectivity index (χ2n) is 4.32. The van der Waals surface area contributed by atoms with Crippen molar-refractivity contribution in [3.05, 3.63) is 45.7 Å². The van der Waals surface area contributed by atoms with Gasteiger partial charge in [0.2, 0.25) is 0 Å². The number of thiazole rings is 1. The van der Waals surface area contributed by atoms with Gasteiger partial charge in [0, 0.05) is 22.9 Å². The zero-order valence-corrected chi connectivity index (χ0v) is 11.7. The van der Waals surface area contributed by atoms with Crippen LogP contribution < -0.4 is 4.74 Å². The molecule has 0 fully saturated rings. The molecular weight excluding hydrogens is 265 g/mol. The number of benzene rings is 1. The average Bonchev–Trinajstić information content (AvgIpc) is 2.75. The fraction of sp³-hybridized carbons (Fsp3) is 0.357. The molecule has 0 saturated heterocycles. The normalized spacial score (nSPS) is 12.4. The highest BCUT2D eigenvalue weighted by molar-refractivity contribution is 7.09. The van der Waals surface area contributed by atoms with Crippen LogP contribution in [-0.2, 0) is 6.42 Å². The highest BCUT2D eigenvalue weighted by atomic mass is 32.1. The van der Waals surface area contributed by atoms with Crippen LogP contribution in [-0.4, -0.2) is 16.7 Å². The van der Waals surface area contributed by atoms with Gasteiger partial charge in [-0.2, -0.15) is 0 Å². The third-order valence-electron chi connectivity index (χ3n) is 2.86. The van der Waals surface area contributed by atoms with Crippen molar-refractivity contribution in [1.82, 2.24) is 4.98 Å². The molecule has 0 amide bonds. The highest BCUT2D eigenvalue weighted by Gasteiger charge is 2.11. The third-order valence-corrected chi connectivity index (χ3v) is 3.85. The summed E-state index contributed by atoms with van der Waals surface area (Å²) in [7, 11) is 0. The number of hydrogen-bond acceptors (Lipinski definition) is 4. The molecule has 3 nitrogen and oxygen atoms in total. The topological polar surface area (TPSA) is 42.4 Å². The molecule has 0 spiro atoms. The van der Waals surface area contributed by atoms with Gasteiger partial charge in [0.25, 0.3) is 0 Å². The summed E-state index contributed by atoms with van der Waals surface area (Å²) < 4.78 is 18.8. The average molecular weight is 281 g/mol. The summed E-state index contributed by atoms with van der Waals surface area (Å²) in [5.41, 5.74) is 3.40. The Hall–Kier alpha value is -1.46. The molecule has 1 atom stereocenters. The van der Waals surface area contributed by atoms with Crippen molar-refractivity contribution < 1.29 is 14.2 Å². The number of rotatable bonds is 5. The van der Waals surface area contributed by atoms with Gasteiger partial charge in [0.15, 0.2) is 0 Å². The van der Waals surface area contributed by atoms with E-state index in [1.165, 1.54) is 12.1 Å². The van der Waals surface area contributed by atoms with Crippen molar-refractivity contribution in [3.8, 4) is 5.75 Å². The number of aryl methyl sites for hydroxylation is 1. The lowest BCUT2D eigenvalue weighted by Crippen LogP contribution is -2.05. The van der Waals surface area contributed by atoms with Crippen LogP contribution in [0.5, 0.6) is 5.75 Å². The smallest absolute Gasteiger partial charge is 0.128 e. The first-order chi connectivity index (χ1) is 9.08. The van der Waals surface area contributed by atoms with Crippen molar-refractivity contribution in [1.29, 1.82) is 0 Å². The van der Waals surface area contributed by atoms with Gasteiger partial charge in [0.1, 0.15) is 11.6 Å². The van der Waals surface area contributed by atoms with Gasteiger partial charge in [-0.1, -0.05) is 0 Å². The van der Waals surface area contributed by atoms with Gasteiger partial charge >= 0.3 is 0 Å². The molecule has 0 aliphatic heterocycles. The van der Waals surface area contributed by atoms with Gasteiger partial charge in [-0.05, 0) is 26.0 Å². The Morgan fingerprint density at radius 3 is 2.89 bits per heavy atom. The summed E-state index contributed by atoms with van der Waals surface area (Å²) >= 11 is 1.58. The predicted molar refractivity (Wildman–Crippen MR) is 73.1 cm³/mol. The van der Waals surface area contributed by atoms with E-state index in [1.54, 1.807) is 29.8 Å².